The zero-order valence-electron chi connectivity index (χ0n) is 15.4. The number of carbonyl (C=O) groups is 1. The van der Waals surface area contributed by atoms with Crippen molar-refractivity contribution in [1.82, 2.24) is 15.0 Å². The van der Waals surface area contributed by atoms with E-state index in [9.17, 15) is 4.79 Å². The van der Waals surface area contributed by atoms with Crippen molar-refractivity contribution in [3.8, 4) is 11.1 Å². The third-order valence-corrected chi connectivity index (χ3v) is 5.56. The first-order valence-electron chi connectivity index (χ1n) is 9.42. The first kappa shape index (κ1) is 17.2. The van der Waals surface area contributed by atoms with Gasteiger partial charge in [0, 0.05) is 43.0 Å². The van der Waals surface area contributed by atoms with Crippen LogP contribution in [0.1, 0.15) is 48.9 Å². The maximum absolute atomic E-state index is 12.9. The fourth-order valence-corrected chi connectivity index (χ4v) is 4.16. The van der Waals surface area contributed by atoms with Gasteiger partial charge in [0.05, 0.1) is 17.4 Å². The summed E-state index contributed by atoms with van der Waals surface area (Å²) in [5.74, 6) is 1.17. The van der Waals surface area contributed by atoms with E-state index in [1.54, 1.807) is 0 Å². The van der Waals surface area contributed by atoms with E-state index in [1.807, 2.05) is 31.0 Å². The van der Waals surface area contributed by atoms with Crippen molar-refractivity contribution in [1.29, 1.82) is 0 Å². The average Bonchev–Trinajstić information content (AvgIpc) is 3.29. The van der Waals surface area contributed by atoms with Crippen LogP contribution in [-0.2, 0) is 9.53 Å². The minimum Gasteiger partial charge on any atom is -0.381 e. The van der Waals surface area contributed by atoms with Crippen molar-refractivity contribution in [3.05, 3.63) is 35.5 Å². The van der Waals surface area contributed by atoms with E-state index >= 15 is 0 Å². The van der Waals surface area contributed by atoms with Crippen molar-refractivity contribution in [2.45, 2.75) is 45.6 Å². The maximum atomic E-state index is 12.9. The van der Waals surface area contributed by atoms with Crippen LogP contribution in [0, 0.1) is 19.8 Å². The molecule has 0 radical (unpaired) electrons. The Balaban J connectivity index is 1.53. The third-order valence-electron chi connectivity index (χ3n) is 5.56. The summed E-state index contributed by atoms with van der Waals surface area (Å²) in [6.07, 6.45) is 5.55. The second kappa shape index (κ2) is 7.19. The lowest BCUT2D eigenvalue weighted by Gasteiger charge is -2.30. The Kier molecular flexibility index (Phi) is 4.76. The lowest BCUT2D eigenvalue weighted by Crippen LogP contribution is -2.38. The molecule has 4 rings (SSSR count). The number of likely N-dealkylation sites (tertiary alicyclic amines) is 1. The smallest absolute Gasteiger partial charge is 0.226 e. The Labute approximate surface area is 153 Å². The molecule has 6 nitrogen and oxygen atoms in total. The number of aromatic nitrogens is 2. The summed E-state index contributed by atoms with van der Waals surface area (Å²) in [7, 11) is 0. The van der Waals surface area contributed by atoms with Crippen molar-refractivity contribution in [2.24, 2.45) is 5.92 Å². The standard InChI is InChI=1S/C20H25N3O3/c1-13-19(14(2)26-22-13)16-5-6-17(21-12-16)18-4-3-9-23(18)20(24)15-7-10-25-11-8-15/h5-6,12,15,18H,3-4,7-11H2,1-2H3. The molecule has 6 heteroatoms. The molecule has 0 saturated carbocycles. The number of carbonyl (C=O) groups excluding carboxylic acids is 1. The van der Waals surface area contributed by atoms with Gasteiger partial charge in [-0.3, -0.25) is 9.78 Å². The molecule has 0 aliphatic carbocycles. The van der Waals surface area contributed by atoms with E-state index in [0.29, 0.717) is 13.2 Å². The monoisotopic (exact) mass is 355 g/mol. The number of ether oxygens (including phenoxy) is 1. The van der Waals surface area contributed by atoms with E-state index in [4.69, 9.17) is 9.26 Å². The zero-order valence-corrected chi connectivity index (χ0v) is 15.4. The van der Waals surface area contributed by atoms with Crippen LogP contribution in [0.15, 0.2) is 22.9 Å². The van der Waals surface area contributed by atoms with Gasteiger partial charge < -0.3 is 14.2 Å². The van der Waals surface area contributed by atoms with Crippen LogP contribution in [0.3, 0.4) is 0 Å². The topological polar surface area (TPSA) is 68.5 Å². The number of amides is 1. The normalized spacial score (nSPS) is 21.3. The molecular formula is C20H25N3O3. The number of pyridine rings is 1. The zero-order chi connectivity index (χ0) is 18.1. The van der Waals surface area contributed by atoms with Crippen LogP contribution in [-0.4, -0.2) is 40.7 Å². The minimum atomic E-state index is 0.0871. The van der Waals surface area contributed by atoms with Crippen molar-refractivity contribution in [2.75, 3.05) is 19.8 Å². The van der Waals surface area contributed by atoms with Crippen LogP contribution in [0.5, 0.6) is 0 Å². The van der Waals surface area contributed by atoms with Crippen LogP contribution >= 0.6 is 0 Å². The highest BCUT2D eigenvalue weighted by Crippen LogP contribution is 2.34. The van der Waals surface area contributed by atoms with Gasteiger partial charge in [0.2, 0.25) is 5.91 Å². The van der Waals surface area contributed by atoms with Gasteiger partial charge in [-0.05, 0) is 45.6 Å². The molecule has 0 aromatic carbocycles. The average molecular weight is 355 g/mol. The van der Waals surface area contributed by atoms with Crippen LogP contribution in [0.4, 0.5) is 0 Å². The predicted molar refractivity (Wildman–Crippen MR) is 96.4 cm³/mol. The quantitative estimate of drug-likeness (QED) is 0.843. The van der Waals surface area contributed by atoms with Crippen molar-refractivity contribution in [3.63, 3.8) is 0 Å². The molecule has 2 aromatic heterocycles. The molecule has 26 heavy (non-hydrogen) atoms. The summed E-state index contributed by atoms with van der Waals surface area (Å²) < 4.78 is 10.7. The van der Waals surface area contributed by atoms with Gasteiger partial charge in [-0.1, -0.05) is 11.2 Å². The molecular weight excluding hydrogens is 330 g/mol. The molecule has 0 spiro atoms. The summed E-state index contributed by atoms with van der Waals surface area (Å²) in [4.78, 5) is 19.7. The van der Waals surface area contributed by atoms with Gasteiger partial charge in [-0.2, -0.15) is 0 Å². The summed E-state index contributed by atoms with van der Waals surface area (Å²) in [5.41, 5.74) is 3.85. The van der Waals surface area contributed by atoms with Crippen LogP contribution in [0.2, 0.25) is 0 Å². The molecule has 1 atom stereocenters. The summed E-state index contributed by atoms with van der Waals surface area (Å²) in [6, 6.07) is 4.19. The second-order valence-corrected chi connectivity index (χ2v) is 7.25. The highest BCUT2D eigenvalue weighted by atomic mass is 16.5. The highest BCUT2D eigenvalue weighted by molar-refractivity contribution is 5.79. The molecule has 1 amide bonds. The van der Waals surface area contributed by atoms with E-state index in [1.165, 1.54) is 0 Å². The molecule has 138 valence electrons. The number of hydrogen-bond donors (Lipinski definition) is 0. The maximum Gasteiger partial charge on any atom is 0.226 e. The molecule has 0 N–H and O–H groups in total. The van der Waals surface area contributed by atoms with E-state index in [-0.39, 0.29) is 17.9 Å². The van der Waals surface area contributed by atoms with Crippen LogP contribution in [0.25, 0.3) is 11.1 Å². The molecule has 2 fully saturated rings. The first-order valence-corrected chi connectivity index (χ1v) is 9.42. The molecule has 1 unspecified atom stereocenters. The van der Waals surface area contributed by atoms with Crippen LogP contribution < -0.4 is 0 Å². The Hall–Kier alpha value is -2.21. The molecule has 2 aliphatic rings. The first-order chi connectivity index (χ1) is 12.6. The Bertz CT molecular complexity index is 759. The molecule has 0 bridgehead atoms. The molecule has 2 aliphatic heterocycles. The van der Waals surface area contributed by atoms with Crippen molar-refractivity contribution >= 4 is 5.91 Å². The molecule has 4 heterocycles. The van der Waals surface area contributed by atoms with E-state index < -0.39 is 0 Å². The Morgan fingerprint density at radius 1 is 1.19 bits per heavy atom. The lowest BCUT2D eigenvalue weighted by atomic mass is 9.97. The van der Waals surface area contributed by atoms with Gasteiger partial charge in [0.15, 0.2) is 0 Å². The largest absolute Gasteiger partial charge is 0.381 e. The van der Waals surface area contributed by atoms with E-state index in [0.717, 1.165) is 60.5 Å². The number of hydrogen-bond acceptors (Lipinski definition) is 5. The highest BCUT2D eigenvalue weighted by Gasteiger charge is 2.35. The summed E-state index contributed by atoms with van der Waals surface area (Å²) >= 11 is 0. The van der Waals surface area contributed by atoms with Gasteiger partial charge in [-0.15, -0.1) is 0 Å². The molecule has 2 saturated heterocycles. The third kappa shape index (κ3) is 3.14. The summed E-state index contributed by atoms with van der Waals surface area (Å²) in [6.45, 7) is 6.06. The SMILES string of the molecule is Cc1noc(C)c1-c1ccc(C2CCCN2C(=O)C2CCOCC2)nc1. The second-order valence-electron chi connectivity index (χ2n) is 7.25. The number of rotatable bonds is 3. The Morgan fingerprint density at radius 3 is 2.65 bits per heavy atom. The fourth-order valence-electron chi connectivity index (χ4n) is 4.16. The predicted octanol–water partition coefficient (Wildman–Crippen LogP) is 3.44. The minimum absolute atomic E-state index is 0.0871. The number of nitrogens with zero attached hydrogens (tertiary/aromatic N) is 3. The van der Waals surface area contributed by atoms with E-state index in [2.05, 4.69) is 16.2 Å². The fraction of sp³-hybridized carbons (Fsp3) is 0.550. The van der Waals surface area contributed by atoms with Gasteiger partial charge in [0.1, 0.15) is 5.76 Å². The Morgan fingerprint density at radius 2 is 2.00 bits per heavy atom. The number of aryl methyl sites for hydroxylation is 2. The van der Waals surface area contributed by atoms with Gasteiger partial charge in [-0.25, -0.2) is 0 Å². The van der Waals surface area contributed by atoms with Gasteiger partial charge in [0.25, 0.3) is 0 Å². The van der Waals surface area contributed by atoms with Crippen molar-refractivity contribution < 1.29 is 14.1 Å². The summed E-state index contributed by atoms with van der Waals surface area (Å²) in [5, 5.41) is 4.01. The lowest BCUT2D eigenvalue weighted by molar-refractivity contribution is -0.139. The van der Waals surface area contributed by atoms with Gasteiger partial charge >= 0.3 is 0 Å². The molecule has 2 aromatic rings.